The second-order valence-electron chi connectivity index (χ2n) is 7.99. The first-order valence-electron chi connectivity index (χ1n) is 10.6. The Bertz CT molecular complexity index is 1450. The lowest BCUT2D eigenvalue weighted by atomic mass is 9.90. The van der Waals surface area contributed by atoms with Crippen LogP contribution in [-0.2, 0) is 0 Å². The van der Waals surface area contributed by atoms with Gasteiger partial charge >= 0.3 is 0 Å². The van der Waals surface area contributed by atoms with E-state index in [-0.39, 0.29) is 5.91 Å². The van der Waals surface area contributed by atoms with Crippen LogP contribution in [0.25, 0.3) is 22.3 Å². The van der Waals surface area contributed by atoms with Gasteiger partial charge in [0.1, 0.15) is 0 Å². The molecular formula is C28H22N4O2. The van der Waals surface area contributed by atoms with Crippen molar-refractivity contribution < 1.29 is 9.59 Å². The number of carbonyl (C=O) groups is 2. The van der Waals surface area contributed by atoms with Gasteiger partial charge in [0.2, 0.25) is 5.91 Å². The maximum absolute atomic E-state index is 13.5. The van der Waals surface area contributed by atoms with E-state index in [2.05, 4.69) is 16.4 Å². The number of nitriles is 1. The van der Waals surface area contributed by atoms with Crippen molar-refractivity contribution in [1.29, 1.82) is 5.26 Å². The van der Waals surface area contributed by atoms with Crippen molar-refractivity contribution in [3.8, 4) is 28.3 Å². The number of nitrogens with zero attached hydrogens (tertiary/aromatic N) is 2. The van der Waals surface area contributed by atoms with Crippen LogP contribution in [-0.4, -0.2) is 16.8 Å². The van der Waals surface area contributed by atoms with E-state index in [1.807, 2.05) is 44.2 Å². The molecule has 4 rings (SSSR count). The molecule has 0 bridgehead atoms. The molecule has 0 spiro atoms. The van der Waals surface area contributed by atoms with E-state index >= 15 is 0 Å². The van der Waals surface area contributed by atoms with Crippen molar-refractivity contribution in [2.45, 2.75) is 13.8 Å². The molecule has 0 fully saturated rings. The molecular weight excluding hydrogens is 424 g/mol. The normalized spacial score (nSPS) is 10.4. The fourth-order valence-electron chi connectivity index (χ4n) is 3.82. The number of amides is 2. The number of nitrogens with one attached hydrogen (secondary N) is 1. The summed E-state index contributed by atoms with van der Waals surface area (Å²) in [4.78, 5) is 29.0. The lowest BCUT2D eigenvalue weighted by Crippen LogP contribution is -2.15. The number of rotatable bonds is 5. The molecule has 34 heavy (non-hydrogen) atoms. The van der Waals surface area contributed by atoms with Crippen LogP contribution in [0.2, 0.25) is 0 Å². The van der Waals surface area contributed by atoms with Gasteiger partial charge in [-0.3, -0.25) is 14.6 Å². The number of hydrogen-bond donors (Lipinski definition) is 2. The quantitative estimate of drug-likeness (QED) is 0.436. The van der Waals surface area contributed by atoms with Crippen LogP contribution in [0.4, 0.5) is 5.69 Å². The van der Waals surface area contributed by atoms with Crippen molar-refractivity contribution in [3.63, 3.8) is 0 Å². The summed E-state index contributed by atoms with van der Waals surface area (Å²) in [6.45, 7) is 3.84. The zero-order chi connectivity index (χ0) is 24.2. The lowest BCUT2D eigenvalue weighted by Gasteiger charge is -2.16. The summed E-state index contributed by atoms with van der Waals surface area (Å²) in [6.07, 6.45) is 3.31. The van der Waals surface area contributed by atoms with Crippen molar-refractivity contribution in [2.24, 2.45) is 5.73 Å². The maximum atomic E-state index is 13.5. The van der Waals surface area contributed by atoms with Crippen LogP contribution in [0.1, 0.15) is 37.4 Å². The monoisotopic (exact) mass is 446 g/mol. The Labute approximate surface area is 197 Å². The minimum Gasteiger partial charge on any atom is -0.366 e. The molecule has 0 atom stereocenters. The molecule has 0 unspecified atom stereocenters. The second-order valence-corrected chi connectivity index (χ2v) is 7.99. The highest BCUT2D eigenvalue weighted by molar-refractivity contribution is 6.10. The molecule has 0 radical (unpaired) electrons. The van der Waals surface area contributed by atoms with E-state index in [0.29, 0.717) is 22.4 Å². The second kappa shape index (κ2) is 9.39. The number of aromatic nitrogens is 1. The molecule has 0 aliphatic rings. The third-order valence-electron chi connectivity index (χ3n) is 5.66. The summed E-state index contributed by atoms with van der Waals surface area (Å²) in [5, 5.41) is 12.3. The van der Waals surface area contributed by atoms with Crippen molar-refractivity contribution in [3.05, 3.63) is 107 Å². The van der Waals surface area contributed by atoms with Gasteiger partial charge in [-0.25, -0.2) is 0 Å². The van der Waals surface area contributed by atoms with Gasteiger partial charge in [-0.15, -0.1) is 0 Å². The molecule has 0 aliphatic carbocycles. The Kier molecular flexibility index (Phi) is 6.20. The van der Waals surface area contributed by atoms with Gasteiger partial charge in [0.25, 0.3) is 5.91 Å². The first-order chi connectivity index (χ1) is 16.4. The molecule has 3 aromatic carbocycles. The molecule has 1 aromatic heterocycles. The number of nitrogens with two attached hydrogens (primary N) is 1. The number of carbonyl (C=O) groups excluding carboxylic acids is 2. The van der Waals surface area contributed by atoms with Gasteiger partial charge in [-0.2, -0.15) is 5.26 Å². The zero-order valence-corrected chi connectivity index (χ0v) is 18.8. The molecule has 0 aliphatic heterocycles. The number of benzene rings is 3. The van der Waals surface area contributed by atoms with Crippen molar-refractivity contribution >= 4 is 17.5 Å². The van der Waals surface area contributed by atoms with Gasteiger partial charge < -0.3 is 11.1 Å². The Balaban J connectivity index is 1.86. The number of pyridine rings is 1. The molecule has 6 nitrogen and oxygen atoms in total. The van der Waals surface area contributed by atoms with Gasteiger partial charge in [-0.1, -0.05) is 30.3 Å². The van der Waals surface area contributed by atoms with Gasteiger partial charge in [0.15, 0.2) is 0 Å². The number of hydrogen-bond acceptors (Lipinski definition) is 4. The van der Waals surface area contributed by atoms with E-state index in [1.165, 1.54) is 0 Å². The fourth-order valence-corrected chi connectivity index (χ4v) is 3.82. The van der Waals surface area contributed by atoms with Crippen LogP contribution in [0.3, 0.4) is 0 Å². The Morgan fingerprint density at radius 3 is 2.35 bits per heavy atom. The first-order valence-corrected chi connectivity index (χ1v) is 10.6. The summed E-state index contributed by atoms with van der Waals surface area (Å²) < 4.78 is 0. The topological polar surface area (TPSA) is 109 Å². The Hall–Kier alpha value is -4.76. The van der Waals surface area contributed by atoms with E-state index < -0.39 is 5.91 Å². The summed E-state index contributed by atoms with van der Waals surface area (Å²) in [6, 6.07) is 21.8. The van der Waals surface area contributed by atoms with Crippen LogP contribution in [0, 0.1) is 25.2 Å². The highest BCUT2D eigenvalue weighted by Gasteiger charge is 2.18. The summed E-state index contributed by atoms with van der Waals surface area (Å²) in [5.41, 5.74) is 12.4. The fraction of sp³-hybridized carbons (Fsp3) is 0.0714. The molecule has 0 saturated carbocycles. The van der Waals surface area contributed by atoms with Crippen LogP contribution >= 0.6 is 0 Å². The predicted octanol–water partition coefficient (Wildman–Crippen LogP) is 5.26. The smallest absolute Gasteiger partial charge is 0.256 e. The molecule has 166 valence electrons. The van der Waals surface area contributed by atoms with Crippen LogP contribution < -0.4 is 11.1 Å². The molecule has 1 heterocycles. The highest BCUT2D eigenvalue weighted by Crippen LogP contribution is 2.33. The van der Waals surface area contributed by atoms with E-state index in [0.717, 1.165) is 33.4 Å². The maximum Gasteiger partial charge on any atom is 0.256 e. The number of aryl methyl sites for hydroxylation is 2. The van der Waals surface area contributed by atoms with Crippen LogP contribution in [0.5, 0.6) is 0 Å². The number of primary amides is 1. The van der Waals surface area contributed by atoms with Crippen molar-refractivity contribution in [1.82, 2.24) is 4.98 Å². The number of anilines is 1. The van der Waals surface area contributed by atoms with E-state index in [1.54, 1.807) is 48.8 Å². The predicted molar refractivity (Wildman–Crippen MR) is 132 cm³/mol. The Morgan fingerprint density at radius 1 is 0.912 bits per heavy atom. The zero-order valence-electron chi connectivity index (χ0n) is 18.8. The van der Waals surface area contributed by atoms with Crippen molar-refractivity contribution in [2.75, 3.05) is 5.32 Å². The molecule has 6 heteroatoms. The summed E-state index contributed by atoms with van der Waals surface area (Å²) in [7, 11) is 0. The van der Waals surface area contributed by atoms with E-state index in [4.69, 9.17) is 5.73 Å². The third kappa shape index (κ3) is 4.54. The van der Waals surface area contributed by atoms with E-state index in [9.17, 15) is 14.9 Å². The lowest BCUT2D eigenvalue weighted by molar-refractivity contribution is 0.0997. The Morgan fingerprint density at radius 2 is 1.68 bits per heavy atom. The molecule has 0 saturated heterocycles. The summed E-state index contributed by atoms with van der Waals surface area (Å²) >= 11 is 0. The minimum atomic E-state index is -0.496. The summed E-state index contributed by atoms with van der Waals surface area (Å²) in [5.74, 6) is -0.773. The van der Waals surface area contributed by atoms with Gasteiger partial charge in [0, 0.05) is 29.2 Å². The molecule has 4 aromatic rings. The van der Waals surface area contributed by atoms with Gasteiger partial charge in [0.05, 0.1) is 11.6 Å². The standard InChI is InChI=1S/C28H22N4O2/c1-17-12-24(22-5-3-4-19(13-22)15-29)25(28(34)32-26-10-11-31-16-18(26)2)14-23(17)20-6-8-21(9-7-20)27(30)33/h3-14,16H,1-2H3,(H2,30,33)(H,31,32,34). The average Bonchev–Trinajstić information content (AvgIpc) is 2.85. The minimum absolute atomic E-state index is 0.276. The first kappa shape index (κ1) is 22.4. The van der Waals surface area contributed by atoms with Crippen LogP contribution in [0.15, 0.2) is 79.1 Å². The highest BCUT2D eigenvalue weighted by atomic mass is 16.2. The third-order valence-corrected chi connectivity index (χ3v) is 5.66. The molecule has 3 N–H and O–H groups in total. The van der Waals surface area contributed by atoms with Gasteiger partial charge in [-0.05, 0) is 83.6 Å². The SMILES string of the molecule is Cc1cnccc1NC(=O)c1cc(-c2ccc(C(N)=O)cc2)c(C)cc1-c1cccc(C#N)c1. The average molecular weight is 447 g/mol. The largest absolute Gasteiger partial charge is 0.366 e. The molecule has 2 amide bonds.